The first-order chi connectivity index (χ1) is 17.5. The van der Waals surface area contributed by atoms with Crippen LogP contribution in [-0.2, 0) is 25.0 Å². The van der Waals surface area contributed by atoms with Crippen molar-refractivity contribution >= 4 is 21.7 Å². The number of aromatic nitrogens is 1. The van der Waals surface area contributed by atoms with Crippen LogP contribution in [-0.4, -0.2) is 56.7 Å². The first-order valence-corrected chi connectivity index (χ1v) is 13.3. The number of nitrogens with zero attached hydrogens (tertiary/aromatic N) is 2. The molecule has 3 aliphatic rings. The fraction of sp³-hybridized carbons (Fsp3) is 0.308. The lowest BCUT2D eigenvalue weighted by molar-refractivity contribution is -0.118. The van der Waals surface area contributed by atoms with Crippen LogP contribution >= 0.6 is 0 Å². The number of benzene rings is 2. The molecule has 1 amide bonds. The molecule has 10 heteroatoms. The Morgan fingerprint density at radius 3 is 2.47 bits per heavy atom. The molecule has 0 bridgehead atoms. The van der Waals surface area contributed by atoms with Gasteiger partial charge in [0.1, 0.15) is 5.82 Å². The molecular formula is C26H27N3O6S. The van der Waals surface area contributed by atoms with E-state index in [9.17, 15) is 13.2 Å². The van der Waals surface area contributed by atoms with E-state index in [1.165, 1.54) is 4.31 Å². The number of fused-ring (bicyclic) bond motifs is 1. The number of nitrogens with one attached hydrogen (secondary N) is 1. The summed E-state index contributed by atoms with van der Waals surface area (Å²) in [5.74, 6) is 1.67. The standard InChI is InChI=1S/C26H25N3O6S.H2/c30-25(26(10-11-26)19-6-9-22-23(16-19)35-17-34-22)28-24-3-1-2-21(27-24)18-4-7-20(8-5-18)36(31,32)29-12-14-33-15-13-29;/h1-9,16H,10-15,17H2,(H,27,28,30);1H. The quantitative estimate of drug-likeness (QED) is 0.543. The Bertz CT molecular complexity index is 1420. The van der Waals surface area contributed by atoms with E-state index in [1.54, 1.807) is 30.3 Å². The van der Waals surface area contributed by atoms with Crippen LogP contribution in [0.3, 0.4) is 0 Å². The second kappa shape index (κ2) is 8.88. The average molecular weight is 510 g/mol. The Balaban J connectivity index is 0.00000280. The molecule has 0 spiro atoms. The summed E-state index contributed by atoms with van der Waals surface area (Å²) in [4.78, 5) is 18.1. The van der Waals surface area contributed by atoms with E-state index in [1.807, 2.05) is 30.3 Å². The molecule has 1 saturated heterocycles. The van der Waals surface area contributed by atoms with E-state index < -0.39 is 15.4 Å². The normalized spacial score (nSPS) is 18.6. The van der Waals surface area contributed by atoms with E-state index in [4.69, 9.17) is 14.2 Å². The zero-order valence-corrected chi connectivity index (χ0v) is 20.3. The van der Waals surface area contributed by atoms with E-state index in [-0.39, 0.29) is 19.0 Å². The summed E-state index contributed by atoms with van der Waals surface area (Å²) in [5.41, 5.74) is 1.69. The van der Waals surface area contributed by atoms with Gasteiger partial charge in [-0.25, -0.2) is 13.4 Å². The van der Waals surface area contributed by atoms with Crippen molar-refractivity contribution in [3.8, 4) is 22.8 Å². The van der Waals surface area contributed by atoms with Gasteiger partial charge in [-0.1, -0.05) is 24.3 Å². The molecule has 0 unspecified atom stereocenters. The summed E-state index contributed by atoms with van der Waals surface area (Å²) in [7, 11) is -3.57. The van der Waals surface area contributed by atoms with Crippen molar-refractivity contribution in [2.24, 2.45) is 0 Å². The number of pyridine rings is 1. The van der Waals surface area contributed by atoms with Crippen LogP contribution < -0.4 is 14.8 Å². The number of rotatable bonds is 6. The van der Waals surface area contributed by atoms with Crippen LogP contribution in [0.2, 0.25) is 0 Å². The van der Waals surface area contributed by atoms with Crippen LogP contribution in [0.25, 0.3) is 11.3 Å². The number of carbonyl (C=O) groups is 1. The maximum atomic E-state index is 13.2. The fourth-order valence-corrected chi connectivity index (χ4v) is 6.01. The molecule has 36 heavy (non-hydrogen) atoms. The third-order valence-electron chi connectivity index (χ3n) is 6.86. The highest BCUT2D eigenvalue weighted by Crippen LogP contribution is 2.51. The Kier molecular flexibility index (Phi) is 5.66. The molecule has 1 N–H and O–H groups in total. The van der Waals surface area contributed by atoms with E-state index >= 15 is 0 Å². The number of hydrogen-bond donors (Lipinski definition) is 1. The minimum atomic E-state index is -3.57. The molecular weight excluding hydrogens is 482 g/mol. The van der Waals surface area contributed by atoms with Crippen LogP contribution in [0.4, 0.5) is 5.82 Å². The zero-order valence-electron chi connectivity index (χ0n) is 19.5. The third kappa shape index (κ3) is 4.11. The molecule has 188 valence electrons. The van der Waals surface area contributed by atoms with Gasteiger partial charge in [0.25, 0.3) is 0 Å². The number of ether oxygens (including phenoxy) is 3. The number of anilines is 1. The molecule has 0 atom stereocenters. The van der Waals surface area contributed by atoms with Crippen LogP contribution in [0.1, 0.15) is 19.8 Å². The topological polar surface area (TPSA) is 107 Å². The van der Waals surface area contributed by atoms with Crippen LogP contribution in [0.15, 0.2) is 65.6 Å². The van der Waals surface area contributed by atoms with Gasteiger partial charge < -0.3 is 19.5 Å². The van der Waals surface area contributed by atoms with Gasteiger partial charge in [0, 0.05) is 20.1 Å². The van der Waals surface area contributed by atoms with Crippen molar-refractivity contribution in [1.29, 1.82) is 0 Å². The number of sulfonamides is 1. The Morgan fingerprint density at radius 1 is 0.972 bits per heavy atom. The highest BCUT2D eigenvalue weighted by atomic mass is 32.2. The maximum Gasteiger partial charge on any atom is 0.243 e. The number of carbonyl (C=O) groups excluding carboxylic acids is 1. The summed E-state index contributed by atoms with van der Waals surface area (Å²) in [6, 6.07) is 17.7. The van der Waals surface area contributed by atoms with E-state index in [2.05, 4.69) is 10.3 Å². The molecule has 1 aliphatic carbocycles. The second-order valence-corrected chi connectivity index (χ2v) is 11.0. The second-order valence-electron chi connectivity index (χ2n) is 9.05. The van der Waals surface area contributed by atoms with Crippen LogP contribution in [0, 0.1) is 0 Å². The SMILES string of the molecule is O=C(Nc1cccc(-c2ccc(S(=O)(=O)N3CCOCC3)cc2)n1)C1(c2ccc3c(c2)OCO3)CC1.[HH]. The van der Waals surface area contributed by atoms with Crippen molar-refractivity contribution in [3.05, 3.63) is 66.2 Å². The molecule has 1 aromatic heterocycles. The van der Waals surface area contributed by atoms with Gasteiger partial charge in [-0.3, -0.25) is 4.79 Å². The number of morpholine rings is 1. The van der Waals surface area contributed by atoms with Gasteiger partial charge in [-0.05, 0) is 54.8 Å². The molecule has 3 heterocycles. The van der Waals surface area contributed by atoms with Crippen molar-refractivity contribution in [2.45, 2.75) is 23.2 Å². The van der Waals surface area contributed by atoms with Crippen molar-refractivity contribution < 1.29 is 28.8 Å². The monoisotopic (exact) mass is 509 g/mol. The predicted octanol–water partition coefficient (Wildman–Crippen LogP) is 3.41. The Morgan fingerprint density at radius 2 is 1.72 bits per heavy atom. The van der Waals surface area contributed by atoms with Gasteiger partial charge in [-0.2, -0.15) is 4.31 Å². The van der Waals surface area contributed by atoms with E-state index in [0.717, 1.165) is 24.0 Å². The van der Waals surface area contributed by atoms with Gasteiger partial charge in [0.15, 0.2) is 11.5 Å². The van der Waals surface area contributed by atoms with Crippen molar-refractivity contribution in [1.82, 2.24) is 9.29 Å². The summed E-state index contributed by atoms with van der Waals surface area (Å²) in [6.45, 7) is 1.68. The molecule has 2 fully saturated rings. The Labute approximate surface area is 210 Å². The lowest BCUT2D eigenvalue weighted by Gasteiger charge is -2.26. The minimum absolute atomic E-state index is 0. The van der Waals surface area contributed by atoms with Crippen molar-refractivity contribution in [3.63, 3.8) is 0 Å². The smallest absolute Gasteiger partial charge is 0.243 e. The summed E-state index contributed by atoms with van der Waals surface area (Å²) in [6.07, 6.45) is 1.49. The maximum absolute atomic E-state index is 13.2. The van der Waals surface area contributed by atoms with Crippen molar-refractivity contribution in [2.75, 3.05) is 38.4 Å². The summed E-state index contributed by atoms with van der Waals surface area (Å²) < 4.78 is 43.3. The Hall–Kier alpha value is -3.47. The third-order valence-corrected chi connectivity index (χ3v) is 8.77. The summed E-state index contributed by atoms with van der Waals surface area (Å²) >= 11 is 0. The zero-order chi connectivity index (χ0) is 24.8. The largest absolute Gasteiger partial charge is 0.454 e. The number of hydrogen-bond acceptors (Lipinski definition) is 7. The van der Waals surface area contributed by atoms with E-state index in [0.29, 0.717) is 49.3 Å². The molecule has 1 saturated carbocycles. The summed E-state index contributed by atoms with van der Waals surface area (Å²) in [5, 5.41) is 2.96. The van der Waals surface area contributed by atoms with Gasteiger partial charge in [0.2, 0.25) is 22.7 Å². The lowest BCUT2D eigenvalue weighted by Crippen LogP contribution is -2.40. The highest BCUT2D eigenvalue weighted by Gasteiger charge is 2.51. The predicted molar refractivity (Wildman–Crippen MR) is 133 cm³/mol. The first-order valence-electron chi connectivity index (χ1n) is 11.8. The molecule has 2 aliphatic heterocycles. The lowest BCUT2D eigenvalue weighted by atomic mass is 9.94. The molecule has 9 nitrogen and oxygen atoms in total. The minimum Gasteiger partial charge on any atom is -0.454 e. The molecule has 0 radical (unpaired) electrons. The average Bonchev–Trinajstić information content (AvgIpc) is 3.60. The van der Waals surface area contributed by atoms with Gasteiger partial charge in [-0.15, -0.1) is 0 Å². The fourth-order valence-electron chi connectivity index (χ4n) is 4.60. The first kappa shape index (κ1) is 23.0. The van der Waals surface area contributed by atoms with Crippen LogP contribution in [0.5, 0.6) is 11.5 Å². The molecule has 2 aromatic carbocycles. The number of amides is 1. The van der Waals surface area contributed by atoms with Gasteiger partial charge >= 0.3 is 0 Å². The highest BCUT2D eigenvalue weighted by molar-refractivity contribution is 7.89. The molecule has 3 aromatic rings. The molecule has 6 rings (SSSR count). The van der Waals surface area contributed by atoms with Gasteiger partial charge in [0.05, 0.1) is 29.2 Å².